The molecule has 0 aromatic heterocycles. The fourth-order valence-corrected chi connectivity index (χ4v) is 6.25. The van der Waals surface area contributed by atoms with E-state index in [-0.39, 0.29) is 42.4 Å². The summed E-state index contributed by atoms with van der Waals surface area (Å²) < 4.78 is 6.20. The van der Waals surface area contributed by atoms with Crippen LogP contribution in [0.1, 0.15) is 32.2 Å². The van der Waals surface area contributed by atoms with Crippen molar-refractivity contribution in [3.63, 3.8) is 0 Å². The monoisotopic (exact) mass is 600 g/mol. The maximum atomic E-state index is 13.4. The van der Waals surface area contributed by atoms with Crippen LogP contribution in [0.4, 0.5) is 10.5 Å². The number of hydrogen-bond donors (Lipinski definition) is 1. The van der Waals surface area contributed by atoms with E-state index in [4.69, 9.17) is 4.74 Å². The summed E-state index contributed by atoms with van der Waals surface area (Å²) in [6, 6.07) is 22.2. The third-order valence-corrected chi connectivity index (χ3v) is 8.56. The first-order valence-corrected chi connectivity index (χ1v) is 14.1. The molecule has 3 aliphatic rings. The number of nitrogens with one attached hydrogen (secondary N) is 1. The zero-order valence-corrected chi connectivity index (χ0v) is 23.6. The van der Waals surface area contributed by atoms with E-state index in [1.807, 2.05) is 47.4 Å². The molecule has 3 aromatic rings. The van der Waals surface area contributed by atoms with Gasteiger partial charge < -0.3 is 15.0 Å². The van der Waals surface area contributed by atoms with E-state index in [9.17, 15) is 14.4 Å². The Morgan fingerprint density at radius 3 is 2.23 bits per heavy atom. The van der Waals surface area contributed by atoms with Crippen LogP contribution in [-0.4, -0.2) is 77.9 Å². The molecule has 0 bridgehead atoms. The van der Waals surface area contributed by atoms with Gasteiger partial charge in [0.05, 0.1) is 18.2 Å². The molecule has 1 N–H and O–H groups in total. The van der Waals surface area contributed by atoms with Gasteiger partial charge in [0.2, 0.25) is 0 Å². The number of fused-ring (bicyclic) bond motifs is 2. The summed E-state index contributed by atoms with van der Waals surface area (Å²) >= 11 is 3.53. The lowest BCUT2D eigenvalue weighted by Crippen LogP contribution is -2.69. The molecule has 0 saturated carbocycles. The molecule has 40 heavy (non-hydrogen) atoms. The third-order valence-electron chi connectivity index (χ3n) is 8.03. The number of amides is 4. The largest absolute Gasteiger partial charge is 0.497 e. The van der Waals surface area contributed by atoms with E-state index in [0.29, 0.717) is 36.4 Å². The molecule has 3 aliphatic heterocycles. The summed E-state index contributed by atoms with van der Waals surface area (Å²) in [5.74, 6) is 0.252. The molecule has 0 radical (unpaired) electrons. The normalized spacial score (nSPS) is 22.2. The van der Waals surface area contributed by atoms with E-state index in [1.165, 1.54) is 4.90 Å². The zero-order valence-electron chi connectivity index (χ0n) is 22.0. The van der Waals surface area contributed by atoms with Gasteiger partial charge in [0.15, 0.2) is 0 Å². The number of methoxy groups -OCH3 is 1. The smallest absolute Gasteiger partial charge is 0.322 e. The lowest BCUT2D eigenvalue weighted by atomic mass is 9.74. The number of imide groups is 1. The van der Waals surface area contributed by atoms with Gasteiger partial charge >= 0.3 is 6.03 Å². The number of nitrogens with zero attached hydrogens (tertiary/aromatic N) is 3. The maximum Gasteiger partial charge on any atom is 0.322 e. The molecular formula is C31H29BrN4O4. The van der Waals surface area contributed by atoms with Gasteiger partial charge in [-0.05, 0) is 54.1 Å². The fourth-order valence-electron chi connectivity index (χ4n) is 5.98. The van der Waals surface area contributed by atoms with Crippen molar-refractivity contribution in [2.75, 3.05) is 38.6 Å². The van der Waals surface area contributed by atoms with E-state index >= 15 is 0 Å². The second-order valence-corrected chi connectivity index (χ2v) is 11.1. The van der Waals surface area contributed by atoms with Crippen LogP contribution in [0.15, 0.2) is 89.4 Å². The first-order chi connectivity index (χ1) is 19.4. The number of carbonyl (C=O) groups excluding carboxylic acids is 3. The predicted molar refractivity (Wildman–Crippen MR) is 156 cm³/mol. The Kier molecular flexibility index (Phi) is 7.16. The summed E-state index contributed by atoms with van der Waals surface area (Å²) in [7, 11) is 1.61. The number of anilines is 1. The second-order valence-electron chi connectivity index (χ2n) is 10.2. The maximum absolute atomic E-state index is 13.4. The third kappa shape index (κ3) is 4.80. The Bertz CT molecular complexity index is 1440. The minimum atomic E-state index is -0.248. The first kappa shape index (κ1) is 26.3. The quantitative estimate of drug-likeness (QED) is 0.329. The molecule has 4 amide bonds. The number of benzene rings is 3. The van der Waals surface area contributed by atoms with Gasteiger partial charge in [0, 0.05) is 54.3 Å². The molecule has 9 heteroatoms. The molecule has 3 atom stereocenters. The number of ether oxygens (including phenoxy) is 1. The van der Waals surface area contributed by atoms with E-state index in [0.717, 1.165) is 15.8 Å². The van der Waals surface area contributed by atoms with Crippen LogP contribution in [0.25, 0.3) is 0 Å². The Labute approximate surface area is 241 Å². The highest BCUT2D eigenvalue weighted by Crippen LogP contribution is 2.43. The molecule has 3 heterocycles. The number of rotatable bonds is 5. The molecule has 3 aromatic carbocycles. The van der Waals surface area contributed by atoms with Crippen molar-refractivity contribution in [3.8, 4) is 5.75 Å². The van der Waals surface area contributed by atoms with Crippen LogP contribution in [-0.2, 0) is 0 Å². The molecule has 8 nitrogen and oxygen atoms in total. The summed E-state index contributed by atoms with van der Waals surface area (Å²) in [5, 5.41) is 3.00. The molecule has 3 unspecified atom stereocenters. The minimum Gasteiger partial charge on any atom is -0.497 e. The summed E-state index contributed by atoms with van der Waals surface area (Å²) in [5.41, 5.74) is 2.72. The van der Waals surface area contributed by atoms with Crippen molar-refractivity contribution in [3.05, 3.63) is 106 Å². The Balaban J connectivity index is 1.25. The minimum absolute atomic E-state index is 0.0212. The van der Waals surface area contributed by atoms with E-state index < -0.39 is 0 Å². The molecule has 0 aliphatic carbocycles. The number of hydrogen-bond acceptors (Lipinski definition) is 5. The summed E-state index contributed by atoms with van der Waals surface area (Å²) in [4.78, 5) is 45.3. The van der Waals surface area contributed by atoms with Gasteiger partial charge in [-0.15, -0.1) is 0 Å². The van der Waals surface area contributed by atoms with Gasteiger partial charge in [0.1, 0.15) is 5.75 Å². The number of urea groups is 1. The molecule has 204 valence electrons. The van der Waals surface area contributed by atoms with Gasteiger partial charge in [-0.1, -0.05) is 52.3 Å². The Morgan fingerprint density at radius 2 is 1.57 bits per heavy atom. The van der Waals surface area contributed by atoms with Crippen LogP contribution in [0.5, 0.6) is 5.75 Å². The van der Waals surface area contributed by atoms with Crippen LogP contribution in [0.3, 0.4) is 0 Å². The molecular weight excluding hydrogens is 572 g/mol. The van der Waals surface area contributed by atoms with Crippen LogP contribution < -0.4 is 10.1 Å². The average Bonchev–Trinajstić information content (AvgIpc) is 3.20. The molecule has 1 saturated heterocycles. The molecule has 6 rings (SSSR count). The molecule has 1 fully saturated rings. The van der Waals surface area contributed by atoms with Gasteiger partial charge in [-0.25, -0.2) is 4.79 Å². The SMILES string of the molecule is COc1ccc(NC(=O)N2CC=CCN3C(C2)C(c2ccc(Br)cc2)C3CN2C(=O)c3ccccc3C2=O)cc1. The second kappa shape index (κ2) is 10.9. The Morgan fingerprint density at radius 1 is 0.925 bits per heavy atom. The van der Waals surface area contributed by atoms with Crippen molar-refractivity contribution < 1.29 is 19.1 Å². The summed E-state index contributed by atoms with van der Waals surface area (Å²) in [6.07, 6.45) is 4.06. The summed E-state index contributed by atoms with van der Waals surface area (Å²) in [6.45, 7) is 1.96. The van der Waals surface area contributed by atoms with Crippen molar-refractivity contribution >= 4 is 39.5 Å². The highest BCUT2D eigenvalue weighted by Gasteiger charge is 2.52. The van der Waals surface area contributed by atoms with Crippen LogP contribution in [0.2, 0.25) is 0 Å². The topological polar surface area (TPSA) is 82.2 Å². The van der Waals surface area contributed by atoms with Crippen LogP contribution >= 0.6 is 15.9 Å². The van der Waals surface area contributed by atoms with Gasteiger partial charge in [0.25, 0.3) is 11.8 Å². The van der Waals surface area contributed by atoms with Crippen molar-refractivity contribution in [1.82, 2.24) is 14.7 Å². The Hall–Kier alpha value is -3.95. The standard InChI is InChI=1S/C31H29BrN4O4/c1-40-23-14-12-22(13-15-23)33-31(39)34-16-4-5-17-35-26(18-34)28(20-8-10-21(32)11-9-20)27(35)19-36-29(37)24-6-2-3-7-25(24)30(36)38/h2-15,26-28H,16-19H2,1H3,(H,33,39). The fraction of sp³-hybridized carbons (Fsp3) is 0.258. The lowest BCUT2D eigenvalue weighted by Gasteiger charge is -2.57. The van der Waals surface area contributed by atoms with Crippen molar-refractivity contribution in [1.29, 1.82) is 0 Å². The number of halogens is 1. The van der Waals surface area contributed by atoms with E-state index in [1.54, 1.807) is 31.4 Å². The lowest BCUT2D eigenvalue weighted by molar-refractivity contribution is -0.0286. The first-order valence-electron chi connectivity index (χ1n) is 13.3. The van der Waals surface area contributed by atoms with Gasteiger partial charge in [-0.2, -0.15) is 0 Å². The highest BCUT2D eigenvalue weighted by atomic mass is 79.9. The van der Waals surface area contributed by atoms with Crippen molar-refractivity contribution in [2.24, 2.45) is 0 Å². The van der Waals surface area contributed by atoms with Crippen molar-refractivity contribution in [2.45, 2.75) is 18.0 Å². The zero-order chi connectivity index (χ0) is 27.8. The average molecular weight is 602 g/mol. The van der Waals surface area contributed by atoms with E-state index in [2.05, 4.69) is 44.4 Å². The van der Waals surface area contributed by atoms with Crippen LogP contribution in [0, 0.1) is 0 Å². The highest BCUT2D eigenvalue weighted by molar-refractivity contribution is 9.10. The van der Waals surface area contributed by atoms with Gasteiger partial charge in [-0.3, -0.25) is 19.4 Å². The number of carbonyl (C=O) groups is 3. The molecule has 0 spiro atoms. The predicted octanol–water partition coefficient (Wildman–Crippen LogP) is 4.99.